The number of rotatable bonds is 9. The van der Waals surface area contributed by atoms with E-state index in [1.807, 2.05) is 10.8 Å². The molecule has 0 saturated heterocycles. The molecule has 7 nitrogen and oxygen atoms in total. The van der Waals surface area contributed by atoms with Crippen LogP contribution in [-0.4, -0.2) is 47.3 Å². The van der Waals surface area contributed by atoms with Crippen molar-refractivity contribution < 1.29 is 14.3 Å². The van der Waals surface area contributed by atoms with Crippen LogP contribution in [0.25, 0.3) is 0 Å². The summed E-state index contributed by atoms with van der Waals surface area (Å²) in [5.74, 6) is 0.285. The van der Waals surface area contributed by atoms with Crippen LogP contribution >= 0.6 is 0 Å². The summed E-state index contributed by atoms with van der Waals surface area (Å²) in [5.41, 5.74) is 0.532. The fourth-order valence-electron chi connectivity index (χ4n) is 1.84. The Morgan fingerprint density at radius 2 is 2.27 bits per heavy atom. The van der Waals surface area contributed by atoms with Gasteiger partial charge in [-0.15, -0.1) is 0 Å². The molecule has 118 valence electrons. The van der Waals surface area contributed by atoms with Gasteiger partial charge in [0.15, 0.2) is 0 Å². The molecule has 0 radical (unpaired) electrons. The lowest BCUT2D eigenvalue weighted by molar-refractivity contribution is 0.0951. The highest BCUT2D eigenvalue weighted by molar-refractivity contribution is 5.94. The summed E-state index contributed by atoms with van der Waals surface area (Å²) in [6.45, 7) is 2.30. The summed E-state index contributed by atoms with van der Waals surface area (Å²) < 4.78 is 12.3. The number of ether oxygens (including phenoxy) is 2. The maximum Gasteiger partial charge on any atom is 0.251 e. The number of carbonyl (C=O) groups is 1. The van der Waals surface area contributed by atoms with Crippen LogP contribution in [0.4, 0.5) is 0 Å². The maximum atomic E-state index is 12.0. The quantitative estimate of drug-likeness (QED) is 0.702. The van der Waals surface area contributed by atoms with Gasteiger partial charge in [0.1, 0.15) is 6.61 Å². The van der Waals surface area contributed by atoms with Gasteiger partial charge in [-0.2, -0.15) is 0 Å². The van der Waals surface area contributed by atoms with E-state index in [9.17, 15) is 4.79 Å². The van der Waals surface area contributed by atoms with Gasteiger partial charge in [0, 0.05) is 50.4 Å². The molecule has 0 bridgehead atoms. The van der Waals surface area contributed by atoms with Crippen LogP contribution in [0.3, 0.4) is 0 Å². The first kappa shape index (κ1) is 16.0. The standard InChI is InChI=1S/C15H20N4O3/c1-21-9-10-22-14-11-13(3-5-17-14)15(20)18-4-2-7-19-8-6-16-12-19/h3,5-6,8,11-12H,2,4,7,9-10H2,1H3,(H,18,20). The predicted octanol–water partition coefficient (Wildman–Crippen LogP) is 1.12. The molecule has 0 unspecified atom stereocenters. The Bertz CT molecular complexity index is 572. The molecule has 0 saturated carbocycles. The van der Waals surface area contributed by atoms with Crippen LogP contribution in [-0.2, 0) is 11.3 Å². The molecular formula is C15H20N4O3. The number of aryl methyl sites for hydroxylation is 1. The molecule has 0 aliphatic heterocycles. The normalized spacial score (nSPS) is 10.4. The minimum Gasteiger partial charge on any atom is -0.475 e. The van der Waals surface area contributed by atoms with Gasteiger partial charge >= 0.3 is 0 Å². The van der Waals surface area contributed by atoms with Crippen molar-refractivity contribution in [3.63, 3.8) is 0 Å². The molecule has 2 rings (SSSR count). The molecule has 0 aromatic carbocycles. The number of hydrogen-bond acceptors (Lipinski definition) is 5. The maximum absolute atomic E-state index is 12.0. The lowest BCUT2D eigenvalue weighted by Crippen LogP contribution is -2.25. The van der Waals surface area contributed by atoms with Crippen molar-refractivity contribution in [2.75, 3.05) is 26.9 Å². The first-order valence-corrected chi connectivity index (χ1v) is 7.11. The summed E-state index contributed by atoms with van der Waals surface area (Å²) in [4.78, 5) is 20.1. The summed E-state index contributed by atoms with van der Waals surface area (Å²) in [7, 11) is 1.60. The van der Waals surface area contributed by atoms with Crippen LogP contribution in [0.2, 0.25) is 0 Å². The first-order chi connectivity index (χ1) is 10.8. The molecule has 0 aliphatic rings. The van der Waals surface area contributed by atoms with Gasteiger partial charge in [-0.05, 0) is 12.5 Å². The van der Waals surface area contributed by atoms with Crippen molar-refractivity contribution >= 4 is 5.91 Å². The highest BCUT2D eigenvalue weighted by Crippen LogP contribution is 2.09. The lowest BCUT2D eigenvalue weighted by Gasteiger charge is -2.08. The van der Waals surface area contributed by atoms with Crippen molar-refractivity contribution in [1.29, 1.82) is 0 Å². The number of imidazole rings is 1. The molecule has 2 heterocycles. The second-order valence-electron chi connectivity index (χ2n) is 4.63. The predicted molar refractivity (Wildman–Crippen MR) is 80.8 cm³/mol. The van der Waals surface area contributed by atoms with Crippen molar-refractivity contribution in [1.82, 2.24) is 19.9 Å². The monoisotopic (exact) mass is 304 g/mol. The number of amides is 1. The Kier molecular flexibility index (Phi) is 6.38. The molecule has 0 aliphatic carbocycles. The zero-order valence-electron chi connectivity index (χ0n) is 12.6. The van der Waals surface area contributed by atoms with E-state index in [0.29, 0.717) is 31.2 Å². The Balaban J connectivity index is 1.75. The number of nitrogens with one attached hydrogen (secondary N) is 1. The van der Waals surface area contributed by atoms with E-state index in [1.54, 1.807) is 38.0 Å². The topological polar surface area (TPSA) is 78.3 Å². The average molecular weight is 304 g/mol. The van der Waals surface area contributed by atoms with E-state index in [2.05, 4.69) is 15.3 Å². The average Bonchev–Trinajstić information content (AvgIpc) is 3.05. The second-order valence-corrected chi connectivity index (χ2v) is 4.63. The number of hydrogen-bond donors (Lipinski definition) is 1. The Morgan fingerprint density at radius 1 is 1.36 bits per heavy atom. The molecule has 1 amide bonds. The fourth-order valence-corrected chi connectivity index (χ4v) is 1.84. The third-order valence-electron chi connectivity index (χ3n) is 2.97. The van der Waals surface area contributed by atoms with Gasteiger partial charge in [0.05, 0.1) is 12.9 Å². The summed E-state index contributed by atoms with van der Waals surface area (Å²) >= 11 is 0. The van der Waals surface area contributed by atoms with Gasteiger partial charge in [0.2, 0.25) is 5.88 Å². The minimum absolute atomic E-state index is 0.135. The van der Waals surface area contributed by atoms with Gasteiger partial charge in [-0.3, -0.25) is 4.79 Å². The molecule has 2 aromatic heterocycles. The van der Waals surface area contributed by atoms with Crippen LogP contribution in [0.5, 0.6) is 5.88 Å². The lowest BCUT2D eigenvalue weighted by atomic mass is 10.2. The van der Waals surface area contributed by atoms with E-state index >= 15 is 0 Å². The van der Waals surface area contributed by atoms with Gasteiger partial charge in [-0.1, -0.05) is 0 Å². The van der Waals surface area contributed by atoms with Crippen LogP contribution in [0.1, 0.15) is 16.8 Å². The molecule has 2 aromatic rings. The molecule has 0 fully saturated rings. The van der Waals surface area contributed by atoms with Crippen LogP contribution in [0.15, 0.2) is 37.1 Å². The van der Waals surface area contributed by atoms with E-state index < -0.39 is 0 Å². The Morgan fingerprint density at radius 3 is 3.05 bits per heavy atom. The minimum atomic E-state index is -0.135. The number of carbonyl (C=O) groups excluding carboxylic acids is 1. The highest BCUT2D eigenvalue weighted by atomic mass is 16.5. The summed E-state index contributed by atoms with van der Waals surface area (Å²) in [6.07, 6.45) is 7.79. The number of methoxy groups -OCH3 is 1. The number of pyridine rings is 1. The summed E-state index contributed by atoms with van der Waals surface area (Å²) in [5, 5.41) is 2.88. The van der Waals surface area contributed by atoms with Gasteiger partial charge in [0.25, 0.3) is 5.91 Å². The third-order valence-corrected chi connectivity index (χ3v) is 2.97. The Labute approximate surface area is 129 Å². The Hall–Kier alpha value is -2.41. The largest absolute Gasteiger partial charge is 0.475 e. The number of aromatic nitrogens is 3. The van der Waals surface area contributed by atoms with Crippen molar-refractivity contribution in [2.24, 2.45) is 0 Å². The van der Waals surface area contributed by atoms with E-state index in [4.69, 9.17) is 9.47 Å². The van der Waals surface area contributed by atoms with Gasteiger partial charge < -0.3 is 19.4 Å². The zero-order valence-corrected chi connectivity index (χ0v) is 12.6. The highest BCUT2D eigenvalue weighted by Gasteiger charge is 2.07. The van der Waals surface area contributed by atoms with Crippen LogP contribution in [0, 0.1) is 0 Å². The third kappa shape index (κ3) is 5.17. The molecule has 22 heavy (non-hydrogen) atoms. The molecule has 7 heteroatoms. The van der Waals surface area contributed by atoms with E-state index in [1.165, 1.54) is 0 Å². The van der Waals surface area contributed by atoms with Crippen molar-refractivity contribution in [3.05, 3.63) is 42.6 Å². The van der Waals surface area contributed by atoms with E-state index in [0.717, 1.165) is 13.0 Å². The zero-order chi connectivity index (χ0) is 15.6. The van der Waals surface area contributed by atoms with Crippen molar-refractivity contribution in [3.8, 4) is 5.88 Å². The van der Waals surface area contributed by atoms with Gasteiger partial charge in [-0.25, -0.2) is 9.97 Å². The van der Waals surface area contributed by atoms with Crippen LogP contribution < -0.4 is 10.1 Å². The molecule has 0 atom stereocenters. The first-order valence-electron chi connectivity index (χ1n) is 7.11. The summed E-state index contributed by atoms with van der Waals surface area (Å²) in [6, 6.07) is 3.29. The fraction of sp³-hybridized carbons (Fsp3) is 0.400. The van der Waals surface area contributed by atoms with E-state index in [-0.39, 0.29) is 5.91 Å². The SMILES string of the molecule is COCCOc1cc(C(=O)NCCCn2ccnc2)ccn1. The number of nitrogens with zero attached hydrogens (tertiary/aromatic N) is 3. The van der Waals surface area contributed by atoms with Crippen molar-refractivity contribution in [2.45, 2.75) is 13.0 Å². The molecule has 0 spiro atoms. The smallest absolute Gasteiger partial charge is 0.251 e. The second kappa shape index (κ2) is 8.78. The molecule has 1 N–H and O–H groups in total. The molecular weight excluding hydrogens is 284 g/mol.